The van der Waals surface area contributed by atoms with Crippen molar-refractivity contribution in [2.75, 3.05) is 19.7 Å². The highest BCUT2D eigenvalue weighted by atomic mass is 16.5. The lowest BCUT2D eigenvalue weighted by molar-refractivity contribution is 0.0169. The Morgan fingerprint density at radius 1 is 1.28 bits per heavy atom. The average Bonchev–Trinajstić information content (AvgIpc) is 2.41. The molecule has 2 atom stereocenters. The molecule has 18 heavy (non-hydrogen) atoms. The third-order valence-electron chi connectivity index (χ3n) is 3.39. The van der Waals surface area contributed by atoms with Crippen LogP contribution in [0, 0.1) is 0 Å². The maximum Gasteiger partial charge on any atom is 0.0699 e. The molecule has 100 valence electrons. The third-order valence-corrected chi connectivity index (χ3v) is 3.39. The van der Waals surface area contributed by atoms with Gasteiger partial charge in [-0.1, -0.05) is 30.3 Å². The van der Waals surface area contributed by atoms with Crippen molar-refractivity contribution < 1.29 is 4.74 Å². The number of nitrogens with two attached hydrogens (primary N) is 1. The van der Waals surface area contributed by atoms with Crippen LogP contribution in [0.25, 0.3) is 0 Å². The second-order valence-corrected chi connectivity index (χ2v) is 5.10. The lowest BCUT2D eigenvalue weighted by Crippen LogP contribution is -2.40. The SMILES string of the molecule is NC(CNCC1CCCCO1)Cc1ccccc1. The van der Waals surface area contributed by atoms with Gasteiger partial charge in [-0.2, -0.15) is 0 Å². The quantitative estimate of drug-likeness (QED) is 0.806. The lowest BCUT2D eigenvalue weighted by Gasteiger charge is -2.23. The van der Waals surface area contributed by atoms with E-state index >= 15 is 0 Å². The summed E-state index contributed by atoms with van der Waals surface area (Å²) in [6.45, 7) is 2.71. The number of ether oxygens (including phenoxy) is 1. The minimum atomic E-state index is 0.177. The number of rotatable bonds is 6. The van der Waals surface area contributed by atoms with Crippen molar-refractivity contribution in [3.63, 3.8) is 0 Å². The summed E-state index contributed by atoms with van der Waals surface area (Å²) in [7, 11) is 0. The van der Waals surface area contributed by atoms with Crippen LogP contribution >= 0.6 is 0 Å². The molecule has 3 nitrogen and oxygen atoms in total. The smallest absolute Gasteiger partial charge is 0.0699 e. The van der Waals surface area contributed by atoms with Gasteiger partial charge in [-0.25, -0.2) is 0 Å². The van der Waals surface area contributed by atoms with Gasteiger partial charge >= 0.3 is 0 Å². The highest BCUT2D eigenvalue weighted by Crippen LogP contribution is 2.11. The van der Waals surface area contributed by atoms with Gasteiger partial charge in [0.15, 0.2) is 0 Å². The fourth-order valence-electron chi connectivity index (χ4n) is 2.39. The summed E-state index contributed by atoms with van der Waals surface area (Å²) in [5, 5.41) is 3.43. The number of hydrogen-bond acceptors (Lipinski definition) is 3. The molecule has 1 saturated heterocycles. The van der Waals surface area contributed by atoms with Crippen LogP contribution in [-0.4, -0.2) is 31.8 Å². The van der Waals surface area contributed by atoms with E-state index in [0.29, 0.717) is 6.10 Å². The van der Waals surface area contributed by atoms with Crippen LogP contribution in [0.2, 0.25) is 0 Å². The van der Waals surface area contributed by atoms with E-state index in [1.165, 1.54) is 24.8 Å². The molecule has 2 unspecified atom stereocenters. The Kier molecular flexibility index (Phi) is 5.65. The number of hydrogen-bond donors (Lipinski definition) is 2. The largest absolute Gasteiger partial charge is 0.377 e. The molecule has 3 N–H and O–H groups in total. The minimum absolute atomic E-state index is 0.177. The van der Waals surface area contributed by atoms with Gasteiger partial charge in [-0.05, 0) is 31.2 Å². The fourth-order valence-corrected chi connectivity index (χ4v) is 2.39. The van der Waals surface area contributed by atoms with Crippen molar-refractivity contribution >= 4 is 0 Å². The van der Waals surface area contributed by atoms with E-state index in [2.05, 4.69) is 29.6 Å². The second-order valence-electron chi connectivity index (χ2n) is 5.10. The Morgan fingerprint density at radius 3 is 2.83 bits per heavy atom. The molecular weight excluding hydrogens is 224 g/mol. The molecule has 1 heterocycles. The van der Waals surface area contributed by atoms with E-state index in [1.54, 1.807) is 0 Å². The molecule has 0 radical (unpaired) electrons. The van der Waals surface area contributed by atoms with E-state index in [-0.39, 0.29) is 6.04 Å². The first-order chi connectivity index (χ1) is 8.84. The van der Waals surface area contributed by atoms with Crippen LogP contribution in [0.5, 0.6) is 0 Å². The molecular formula is C15H24N2O. The molecule has 0 saturated carbocycles. The van der Waals surface area contributed by atoms with Gasteiger partial charge in [0.05, 0.1) is 6.10 Å². The molecule has 0 amide bonds. The van der Waals surface area contributed by atoms with Gasteiger partial charge in [0, 0.05) is 25.7 Å². The van der Waals surface area contributed by atoms with Crippen molar-refractivity contribution in [3.8, 4) is 0 Å². The van der Waals surface area contributed by atoms with Crippen molar-refractivity contribution in [2.24, 2.45) is 5.73 Å². The Hall–Kier alpha value is -0.900. The van der Waals surface area contributed by atoms with Crippen molar-refractivity contribution in [3.05, 3.63) is 35.9 Å². The van der Waals surface area contributed by atoms with Gasteiger partial charge in [0.25, 0.3) is 0 Å². The summed E-state index contributed by atoms with van der Waals surface area (Å²) in [6.07, 6.45) is 5.01. The van der Waals surface area contributed by atoms with Crippen LogP contribution < -0.4 is 11.1 Å². The van der Waals surface area contributed by atoms with Crippen LogP contribution in [0.15, 0.2) is 30.3 Å². The van der Waals surface area contributed by atoms with Gasteiger partial charge in [-0.15, -0.1) is 0 Å². The summed E-state index contributed by atoms with van der Waals surface area (Å²) in [6, 6.07) is 10.6. The summed E-state index contributed by atoms with van der Waals surface area (Å²) in [5.41, 5.74) is 7.42. The van der Waals surface area contributed by atoms with E-state index in [1.807, 2.05) is 6.07 Å². The van der Waals surface area contributed by atoms with E-state index in [4.69, 9.17) is 10.5 Å². The standard InChI is InChI=1S/C15H24N2O/c16-14(10-13-6-2-1-3-7-13)11-17-12-15-8-4-5-9-18-15/h1-3,6-7,14-15,17H,4-5,8-12,16H2. The normalized spacial score (nSPS) is 21.7. The highest BCUT2D eigenvalue weighted by Gasteiger charge is 2.13. The first-order valence-electron chi connectivity index (χ1n) is 6.96. The first kappa shape index (κ1) is 13.5. The lowest BCUT2D eigenvalue weighted by atomic mass is 10.1. The zero-order valence-electron chi connectivity index (χ0n) is 11.0. The number of benzene rings is 1. The third kappa shape index (κ3) is 4.77. The Morgan fingerprint density at radius 2 is 2.11 bits per heavy atom. The molecule has 1 aromatic carbocycles. The molecule has 1 aliphatic rings. The summed E-state index contributed by atoms with van der Waals surface area (Å²) >= 11 is 0. The molecule has 0 aromatic heterocycles. The van der Waals surface area contributed by atoms with Gasteiger partial charge in [0.1, 0.15) is 0 Å². The zero-order chi connectivity index (χ0) is 12.6. The molecule has 0 spiro atoms. The van der Waals surface area contributed by atoms with Gasteiger partial charge < -0.3 is 15.8 Å². The molecule has 3 heteroatoms. The van der Waals surface area contributed by atoms with Crippen LogP contribution in [-0.2, 0) is 11.2 Å². The van der Waals surface area contributed by atoms with E-state index < -0.39 is 0 Å². The van der Waals surface area contributed by atoms with Crippen molar-refractivity contribution in [2.45, 2.75) is 37.8 Å². The van der Waals surface area contributed by atoms with Crippen LogP contribution in [0.1, 0.15) is 24.8 Å². The first-order valence-corrected chi connectivity index (χ1v) is 6.96. The van der Waals surface area contributed by atoms with Crippen molar-refractivity contribution in [1.29, 1.82) is 0 Å². The van der Waals surface area contributed by atoms with E-state index in [9.17, 15) is 0 Å². The molecule has 0 bridgehead atoms. The van der Waals surface area contributed by atoms with Crippen LogP contribution in [0.4, 0.5) is 0 Å². The zero-order valence-corrected chi connectivity index (χ0v) is 11.0. The Bertz CT molecular complexity index is 323. The molecule has 1 fully saturated rings. The molecule has 2 rings (SSSR count). The van der Waals surface area contributed by atoms with Gasteiger partial charge in [0.2, 0.25) is 0 Å². The molecule has 0 aliphatic carbocycles. The summed E-state index contributed by atoms with van der Waals surface area (Å²) in [4.78, 5) is 0. The highest BCUT2D eigenvalue weighted by molar-refractivity contribution is 5.15. The Labute approximate surface area is 110 Å². The van der Waals surface area contributed by atoms with Gasteiger partial charge in [-0.3, -0.25) is 0 Å². The summed E-state index contributed by atoms with van der Waals surface area (Å²) in [5.74, 6) is 0. The second kappa shape index (κ2) is 7.52. The average molecular weight is 248 g/mol. The summed E-state index contributed by atoms with van der Waals surface area (Å²) < 4.78 is 5.67. The molecule has 1 aromatic rings. The molecule has 1 aliphatic heterocycles. The minimum Gasteiger partial charge on any atom is -0.377 e. The monoisotopic (exact) mass is 248 g/mol. The maximum absolute atomic E-state index is 6.12. The van der Waals surface area contributed by atoms with E-state index in [0.717, 1.165) is 26.1 Å². The van der Waals surface area contributed by atoms with Crippen molar-refractivity contribution in [1.82, 2.24) is 5.32 Å². The maximum atomic E-state index is 6.12. The predicted octanol–water partition coefficient (Wildman–Crippen LogP) is 1.72. The number of nitrogens with one attached hydrogen (secondary N) is 1. The van der Waals surface area contributed by atoms with Crippen LogP contribution in [0.3, 0.4) is 0 Å². The topological polar surface area (TPSA) is 47.3 Å². The Balaban J connectivity index is 1.61. The fraction of sp³-hybridized carbons (Fsp3) is 0.600. The predicted molar refractivity (Wildman–Crippen MR) is 74.6 cm³/mol.